The molecule has 0 aliphatic heterocycles. The van der Waals surface area contributed by atoms with Crippen LogP contribution in [0.5, 0.6) is 11.5 Å². The summed E-state index contributed by atoms with van der Waals surface area (Å²) in [6.07, 6.45) is 24.9. The average molecular weight is 546 g/mol. The number of methoxy groups -OCH3 is 1. The summed E-state index contributed by atoms with van der Waals surface area (Å²) in [6, 6.07) is 5.56. The van der Waals surface area contributed by atoms with E-state index in [1.807, 2.05) is 12.1 Å². The van der Waals surface area contributed by atoms with Gasteiger partial charge in [0.05, 0.1) is 7.11 Å². The second-order valence-corrected chi connectivity index (χ2v) is 11.3. The Morgan fingerprint density at radius 3 is 2.08 bits per heavy atom. The number of hydrogen-bond donors (Lipinski definition) is 2. The maximum atomic E-state index is 12.4. The monoisotopic (exact) mass is 545 g/mol. The molecule has 39 heavy (non-hydrogen) atoms. The van der Waals surface area contributed by atoms with Gasteiger partial charge in [-0.1, -0.05) is 116 Å². The highest BCUT2D eigenvalue weighted by Gasteiger charge is 2.12. The summed E-state index contributed by atoms with van der Waals surface area (Å²) in [4.78, 5) is 12.4. The van der Waals surface area contributed by atoms with Gasteiger partial charge in [-0.05, 0) is 55.7 Å². The van der Waals surface area contributed by atoms with Gasteiger partial charge < -0.3 is 14.6 Å². The molecule has 1 rings (SSSR count). The molecule has 1 aromatic rings. The number of nitrogens with one attached hydrogen (secondary N) is 1. The largest absolute Gasteiger partial charge is 0.493 e. The van der Waals surface area contributed by atoms with Crippen LogP contribution in [0.25, 0.3) is 0 Å². The summed E-state index contributed by atoms with van der Waals surface area (Å²) in [6.45, 7) is 7.15. The summed E-state index contributed by atoms with van der Waals surface area (Å²) >= 11 is 0. The summed E-state index contributed by atoms with van der Waals surface area (Å²) < 4.78 is 11.0. The highest BCUT2D eigenvalue weighted by Crippen LogP contribution is 2.28. The Hall–Kier alpha value is -1.85. The van der Waals surface area contributed by atoms with Crippen molar-refractivity contribution in [2.45, 2.75) is 149 Å². The van der Waals surface area contributed by atoms with Crippen molar-refractivity contribution in [1.82, 2.24) is 5.32 Å². The lowest BCUT2D eigenvalue weighted by atomic mass is 10.0. The summed E-state index contributed by atoms with van der Waals surface area (Å²) in [5.74, 6) is 1.38. The molecule has 5 heteroatoms. The Bertz CT molecular complexity index is 762. The average Bonchev–Trinajstić information content (AvgIpc) is 2.92. The van der Waals surface area contributed by atoms with Gasteiger partial charge in [-0.15, -0.1) is 0 Å². The van der Waals surface area contributed by atoms with Crippen molar-refractivity contribution in [2.24, 2.45) is 5.92 Å². The van der Waals surface area contributed by atoms with Crippen molar-refractivity contribution in [3.05, 3.63) is 35.9 Å². The highest BCUT2D eigenvalue weighted by atomic mass is 16.6. The van der Waals surface area contributed by atoms with Gasteiger partial charge in [-0.2, -0.15) is 0 Å². The van der Waals surface area contributed by atoms with E-state index in [-0.39, 0.29) is 5.97 Å². The van der Waals surface area contributed by atoms with Crippen LogP contribution < -0.4 is 14.8 Å². The SMILES string of the molecule is CCCCCCCCCCCCCCCC(=O)Oc1ccc(CNC(O)CCCC/C=C/C(C)C)cc1OC. The molecule has 1 aromatic carbocycles. The molecule has 0 aliphatic carbocycles. The van der Waals surface area contributed by atoms with E-state index in [4.69, 9.17) is 9.47 Å². The van der Waals surface area contributed by atoms with Crippen molar-refractivity contribution < 1.29 is 19.4 Å². The van der Waals surface area contributed by atoms with Gasteiger partial charge in [0.2, 0.25) is 0 Å². The van der Waals surface area contributed by atoms with E-state index in [1.165, 1.54) is 70.6 Å². The van der Waals surface area contributed by atoms with Crippen molar-refractivity contribution in [1.29, 1.82) is 0 Å². The van der Waals surface area contributed by atoms with Gasteiger partial charge in [0.1, 0.15) is 6.23 Å². The van der Waals surface area contributed by atoms with Crippen LogP contribution in [-0.4, -0.2) is 24.4 Å². The first-order valence-electron chi connectivity index (χ1n) is 15.9. The summed E-state index contributed by atoms with van der Waals surface area (Å²) in [5.41, 5.74) is 0.974. The van der Waals surface area contributed by atoms with Gasteiger partial charge in [0.15, 0.2) is 11.5 Å². The van der Waals surface area contributed by atoms with Crippen molar-refractivity contribution in [3.63, 3.8) is 0 Å². The van der Waals surface area contributed by atoms with Gasteiger partial charge in [0.25, 0.3) is 0 Å². The van der Waals surface area contributed by atoms with Crippen LogP contribution in [0.15, 0.2) is 30.4 Å². The number of carbonyl (C=O) groups excluding carboxylic acids is 1. The third kappa shape index (κ3) is 19.8. The molecule has 0 amide bonds. The number of allylic oxidation sites excluding steroid dienone is 2. The second-order valence-electron chi connectivity index (χ2n) is 11.3. The molecule has 0 heterocycles. The zero-order valence-corrected chi connectivity index (χ0v) is 25.6. The molecule has 0 radical (unpaired) electrons. The van der Waals surface area contributed by atoms with Crippen LogP contribution in [0, 0.1) is 5.92 Å². The number of benzene rings is 1. The number of aliphatic hydroxyl groups excluding tert-OH is 1. The molecule has 1 atom stereocenters. The van der Waals surface area contributed by atoms with E-state index in [1.54, 1.807) is 13.2 Å². The maximum absolute atomic E-state index is 12.4. The van der Waals surface area contributed by atoms with Crippen LogP contribution in [0.2, 0.25) is 0 Å². The molecule has 0 aliphatic rings. The molecule has 0 saturated carbocycles. The molecule has 0 aromatic heterocycles. The van der Waals surface area contributed by atoms with E-state index in [0.717, 1.165) is 44.1 Å². The van der Waals surface area contributed by atoms with Crippen LogP contribution in [0.4, 0.5) is 0 Å². The summed E-state index contributed by atoms with van der Waals surface area (Å²) in [5, 5.41) is 13.4. The lowest BCUT2D eigenvalue weighted by molar-refractivity contribution is -0.134. The Balaban J connectivity index is 2.17. The standard InChI is InChI=1S/C34H59NO4/c1-5-6-7-8-9-10-11-12-13-14-15-16-21-24-34(37)39-31-26-25-30(27-32(31)38-4)28-35-33(36)23-20-18-17-19-22-29(2)3/h19,22,25-27,29,33,35-36H,5-18,20-21,23-24,28H2,1-4H3/b22-19+. The number of unbranched alkanes of at least 4 members (excludes halogenated alkanes) is 14. The molecule has 2 N–H and O–H groups in total. The Kier molecular flexibility index (Phi) is 21.6. The Morgan fingerprint density at radius 2 is 1.49 bits per heavy atom. The predicted molar refractivity (Wildman–Crippen MR) is 164 cm³/mol. The fourth-order valence-electron chi connectivity index (χ4n) is 4.67. The molecule has 1 unspecified atom stereocenters. The third-order valence-corrected chi connectivity index (χ3v) is 7.10. The molecular weight excluding hydrogens is 486 g/mol. The third-order valence-electron chi connectivity index (χ3n) is 7.10. The molecular formula is C34H59NO4. The Labute approximate surface area is 240 Å². The van der Waals surface area contributed by atoms with E-state index < -0.39 is 6.23 Å². The fourth-order valence-corrected chi connectivity index (χ4v) is 4.67. The first-order chi connectivity index (χ1) is 19.0. The highest BCUT2D eigenvalue weighted by molar-refractivity contribution is 5.73. The van der Waals surface area contributed by atoms with Crippen LogP contribution in [0.3, 0.4) is 0 Å². The number of aliphatic hydroxyl groups is 1. The molecule has 0 bridgehead atoms. The van der Waals surface area contributed by atoms with Crippen LogP contribution >= 0.6 is 0 Å². The van der Waals surface area contributed by atoms with Crippen LogP contribution in [0.1, 0.15) is 142 Å². The van der Waals surface area contributed by atoms with Gasteiger partial charge in [-0.3, -0.25) is 10.1 Å². The van der Waals surface area contributed by atoms with Crippen molar-refractivity contribution in [3.8, 4) is 11.5 Å². The quantitative estimate of drug-likeness (QED) is 0.0421. The van der Waals surface area contributed by atoms with Crippen molar-refractivity contribution in [2.75, 3.05) is 7.11 Å². The topological polar surface area (TPSA) is 67.8 Å². The van der Waals surface area contributed by atoms with E-state index in [9.17, 15) is 9.90 Å². The molecule has 0 fully saturated rings. The van der Waals surface area contributed by atoms with Crippen LogP contribution in [-0.2, 0) is 11.3 Å². The Morgan fingerprint density at radius 1 is 0.872 bits per heavy atom. The van der Waals surface area contributed by atoms with Crippen molar-refractivity contribution >= 4 is 5.97 Å². The molecule has 0 spiro atoms. The zero-order valence-electron chi connectivity index (χ0n) is 25.6. The maximum Gasteiger partial charge on any atom is 0.311 e. The van der Waals surface area contributed by atoms with Gasteiger partial charge in [0, 0.05) is 13.0 Å². The lowest BCUT2D eigenvalue weighted by Crippen LogP contribution is -2.28. The van der Waals surface area contributed by atoms with Gasteiger partial charge >= 0.3 is 5.97 Å². The number of esters is 1. The van der Waals surface area contributed by atoms with E-state index >= 15 is 0 Å². The number of carbonyl (C=O) groups is 1. The number of ether oxygens (including phenoxy) is 2. The minimum absolute atomic E-state index is 0.207. The van der Waals surface area contributed by atoms with Gasteiger partial charge in [-0.25, -0.2) is 0 Å². The molecule has 224 valence electrons. The van der Waals surface area contributed by atoms with E-state index in [2.05, 4.69) is 38.2 Å². The molecule has 5 nitrogen and oxygen atoms in total. The predicted octanol–water partition coefficient (Wildman–Crippen LogP) is 9.26. The first kappa shape index (κ1) is 35.2. The second kappa shape index (κ2) is 24.0. The zero-order chi connectivity index (χ0) is 28.6. The normalized spacial score (nSPS) is 12.4. The first-order valence-corrected chi connectivity index (χ1v) is 15.9. The lowest BCUT2D eigenvalue weighted by Gasteiger charge is -2.14. The van der Waals surface area contributed by atoms with E-state index in [0.29, 0.717) is 30.4 Å². The number of hydrogen-bond acceptors (Lipinski definition) is 5. The molecule has 0 saturated heterocycles. The minimum atomic E-state index is -0.539. The smallest absolute Gasteiger partial charge is 0.311 e. The minimum Gasteiger partial charge on any atom is -0.493 e. The fraction of sp³-hybridized carbons (Fsp3) is 0.735. The number of rotatable bonds is 25. The summed E-state index contributed by atoms with van der Waals surface area (Å²) in [7, 11) is 1.58.